The third-order valence-electron chi connectivity index (χ3n) is 3.05. The maximum Gasteiger partial charge on any atom is 0.132 e. The zero-order valence-electron chi connectivity index (χ0n) is 11.3. The molecule has 0 aromatic carbocycles. The molecule has 4 nitrogen and oxygen atoms in total. The van der Waals surface area contributed by atoms with Crippen molar-refractivity contribution in [3.8, 4) is 0 Å². The van der Waals surface area contributed by atoms with Crippen LogP contribution in [0.25, 0.3) is 0 Å². The molecule has 0 amide bonds. The molecule has 1 fully saturated rings. The number of ketones is 1. The van der Waals surface area contributed by atoms with Gasteiger partial charge in [0.1, 0.15) is 5.78 Å². The van der Waals surface area contributed by atoms with E-state index in [4.69, 9.17) is 9.47 Å². The summed E-state index contributed by atoms with van der Waals surface area (Å²) in [4.78, 5) is 13.2. The van der Waals surface area contributed by atoms with Crippen LogP contribution in [0.3, 0.4) is 0 Å². The second kappa shape index (κ2) is 7.80. The van der Waals surface area contributed by atoms with E-state index in [0.29, 0.717) is 31.6 Å². The van der Waals surface area contributed by atoms with Crippen LogP contribution in [-0.2, 0) is 14.3 Å². The van der Waals surface area contributed by atoms with E-state index in [1.807, 2.05) is 0 Å². The van der Waals surface area contributed by atoms with Crippen molar-refractivity contribution < 1.29 is 14.3 Å². The summed E-state index contributed by atoms with van der Waals surface area (Å²) < 4.78 is 11.1. The zero-order chi connectivity index (χ0) is 12.7. The largest absolute Gasteiger partial charge is 0.381 e. The summed E-state index contributed by atoms with van der Waals surface area (Å²) >= 11 is 0. The van der Waals surface area contributed by atoms with Crippen molar-refractivity contribution in [1.82, 2.24) is 4.90 Å². The first kappa shape index (κ1) is 14.6. The van der Waals surface area contributed by atoms with Crippen LogP contribution in [0.1, 0.15) is 27.2 Å². The minimum Gasteiger partial charge on any atom is -0.381 e. The van der Waals surface area contributed by atoms with Gasteiger partial charge in [-0.3, -0.25) is 9.69 Å². The van der Waals surface area contributed by atoms with E-state index in [1.165, 1.54) is 0 Å². The van der Waals surface area contributed by atoms with Gasteiger partial charge in [0.25, 0.3) is 0 Å². The van der Waals surface area contributed by atoms with Crippen molar-refractivity contribution in [2.75, 3.05) is 39.5 Å². The van der Waals surface area contributed by atoms with Crippen LogP contribution >= 0.6 is 0 Å². The molecule has 1 rings (SSSR count). The highest BCUT2D eigenvalue weighted by Gasteiger charge is 2.20. The summed E-state index contributed by atoms with van der Waals surface area (Å²) in [6.07, 6.45) is 0.515. The van der Waals surface area contributed by atoms with E-state index in [-0.39, 0.29) is 5.78 Å². The number of hydrogen-bond donors (Lipinski definition) is 0. The van der Waals surface area contributed by atoms with Crippen LogP contribution < -0.4 is 0 Å². The van der Waals surface area contributed by atoms with Crippen molar-refractivity contribution in [1.29, 1.82) is 0 Å². The topological polar surface area (TPSA) is 38.8 Å². The lowest BCUT2D eigenvalue weighted by atomic mass is 10.1. The second-order valence-electron chi connectivity index (χ2n) is 5.06. The fraction of sp³-hybridized carbons (Fsp3) is 0.923. The van der Waals surface area contributed by atoms with Crippen LogP contribution in [0.2, 0.25) is 0 Å². The fourth-order valence-corrected chi connectivity index (χ4v) is 1.94. The zero-order valence-corrected chi connectivity index (χ0v) is 11.3. The van der Waals surface area contributed by atoms with Gasteiger partial charge in [-0.05, 0) is 20.8 Å². The number of Topliss-reactive ketones (excluding diaryl/α,β-unsaturated/α-hetero) is 1. The van der Waals surface area contributed by atoms with Gasteiger partial charge in [0.15, 0.2) is 0 Å². The Balaban J connectivity index is 2.24. The SMILES string of the molecule is CC(=O)CCOCC1COCCN(C(C)C)C1. The summed E-state index contributed by atoms with van der Waals surface area (Å²) in [5.74, 6) is 0.609. The molecule has 1 aliphatic rings. The first-order valence-electron chi connectivity index (χ1n) is 6.48. The third kappa shape index (κ3) is 6.15. The normalized spacial score (nSPS) is 22.7. The molecule has 4 heteroatoms. The Hall–Kier alpha value is -0.450. The molecule has 1 aliphatic heterocycles. The Bertz CT molecular complexity index is 231. The van der Waals surface area contributed by atoms with Crippen molar-refractivity contribution in [3.63, 3.8) is 0 Å². The van der Waals surface area contributed by atoms with Gasteiger partial charge in [-0.1, -0.05) is 0 Å². The Morgan fingerprint density at radius 2 is 2.29 bits per heavy atom. The Labute approximate surface area is 104 Å². The molecule has 1 saturated heterocycles. The van der Waals surface area contributed by atoms with Crippen LogP contribution in [0.5, 0.6) is 0 Å². The van der Waals surface area contributed by atoms with E-state index in [1.54, 1.807) is 6.92 Å². The van der Waals surface area contributed by atoms with Crippen LogP contribution in [0.15, 0.2) is 0 Å². The highest BCUT2D eigenvalue weighted by Crippen LogP contribution is 2.10. The molecule has 0 aromatic rings. The van der Waals surface area contributed by atoms with Crippen molar-refractivity contribution >= 4 is 5.78 Å². The Kier molecular flexibility index (Phi) is 6.70. The van der Waals surface area contributed by atoms with Gasteiger partial charge in [-0.15, -0.1) is 0 Å². The Morgan fingerprint density at radius 1 is 1.53 bits per heavy atom. The average molecular weight is 243 g/mol. The molecule has 17 heavy (non-hydrogen) atoms. The standard InChI is InChI=1S/C13H25NO3/c1-11(2)14-5-7-17-10-13(8-14)9-16-6-4-12(3)15/h11,13H,4-10H2,1-3H3. The molecular weight excluding hydrogens is 218 g/mol. The summed E-state index contributed by atoms with van der Waals surface area (Å²) in [5.41, 5.74) is 0. The van der Waals surface area contributed by atoms with Gasteiger partial charge in [-0.25, -0.2) is 0 Å². The van der Waals surface area contributed by atoms with Gasteiger partial charge in [0.2, 0.25) is 0 Å². The molecule has 1 heterocycles. The van der Waals surface area contributed by atoms with Gasteiger partial charge >= 0.3 is 0 Å². The summed E-state index contributed by atoms with van der Waals surface area (Å²) in [7, 11) is 0. The number of rotatable bonds is 6. The number of ether oxygens (including phenoxy) is 2. The monoisotopic (exact) mass is 243 g/mol. The minimum atomic E-state index is 0.186. The smallest absolute Gasteiger partial charge is 0.132 e. The minimum absolute atomic E-state index is 0.186. The second-order valence-corrected chi connectivity index (χ2v) is 5.06. The molecule has 0 saturated carbocycles. The number of carbonyl (C=O) groups excluding carboxylic acids is 1. The maximum absolute atomic E-state index is 10.8. The summed E-state index contributed by atoms with van der Waals surface area (Å²) in [5, 5.41) is 0. The third-order valence-corrected chi connectivity index (χ3v) is 3.05. The predicted octanol–water partition coefficient (Wildman–Crippen LogP) is 1.34. The van der Waals surface area contributed by atoms with E-state index in [2.05, 4.69) is 18.7 Å². The fourth-order valence-electron chi connectivity index (χ4n) is 1.94. The molecule has 0 N–H and O–H groups in total. The molecule has 0 spiro atoms. The predicted molar refractivity (Wildman–Crippen MR) is 67.1 cm³/mol. The van der Waals surface area contributed by atoms with Crippen LogP contribution in [0.4, 0.5) is 0 Å². The lowest BCUT2D eigenvalue weighted by Crippen LogP contribution is -2.37. The molecule has 0 radical (unpaired) electrons. The van der Waals surface area contributed by atoms with Crippen molar-refractivity contribution in [2.24, 2.45) is 5.92 Å². The van der Waals surface area contributed by atoms with Gasteiger partial charge in [0, 0.05) is 31.5 Å². The Morgan fingerprint density at radius 3 is 2.94 bits per heavy atom. The highest BCUT2D eigenvalue weighted by molar-refractivity contribution is 5.75. The lowest BCUT2D eigenvalue weighted by molar-refractivity contribution is -0.118. The lowest BCUT2D eigenvalue weighted by Gasteiger charge is -2.26. The molecule has 0 aliphatic carbocycles. The molecule has 100 valence electrons. The molecule has 0 bridgehead atoms. The van der Waals surface area contributed by atoms with Gasteiger partial charge in [-0.2, -0.15) is 0 Å². The van der Waals surface area contributed by atoms with E-state index < -0.39 is 0 Å². The average Bonchev–Trinajstić information content (AvgIpc) is 2.49. The maximum atomic E-state index is 10.8. The van der Waals surface area contributed by atoms with Gasteiger partial charge < -0.3 is 9.47 Å². The number of nitrogens with zero attached hydrogens (tertiary/aromatic N) is 1. The molecular formula is C13H25NO3. The van der Waals surface area contributed by atoms with Crippen LogP contribution in [0, 0.1) is 5.92 Å². The van der Waals surface area contributed by atoms with E-state index in [9.17, 15) is 4.79 Å². The molecule has 0 aromatic heterocycles. The quantitative estimate of drug-likeness (QED) is 0.660. The van der Waals surface area contributed by atoms with Gasteiger partial charge in [0.05, 0.1) is 26.4 Å². The van der Waals surface area contributed by atoms with E-state index >= 15 is 0 Å². The first-order valence-corrected chi connectivity index (χ1v) is 6.48. The number of carbonyl (C=O) groups is 1. The van der Waals surface area contributed by atoms with Crippen LogP contribution in [-0.4, -0.2) is 56.2 Å². The summed E-state index contributed by atoms with van der Waals surface area (Å²) in [6.45, 7) is 10.8. The number of hydrogen-bond acceptors (Lipinski definition) is 4. The molecule has 1 unspecified atom stereocenters. The van der Waals surface area contributed by atoms with Crippen molar-refractivity contribution in [2.45, 2.75) is 33.2 Å². The first-order chi connectivity index (χ1) is 8.09. The summed E-state index contributed by atoms with van der Waals surface area (Å²) in [6, 6.07) is 0.552. The molecule has 1 atom stereocenters. The van der Waals surface area contributed by atoms with Crippen molar-refractivity contribution in [3.05, 3.63) is 0 Å². The van der Waals surface area contributed by atoms with E-state index in [0.717, 1.165) is 26.3 Å². The highest BCUT2D eigenvalue weighted by atomic mass is 16.5.